The fourth-order valence-electron chi connectivity index (χ4n) is 2.24. The quantitative estimate of drug-likeness (QED) is 0.116. The van der Waals surface area contributed by atoms with Crippen LogP contribution in [0.1, 0.15) is 85.4 Å². The predicted molar refractivity (Wildman–Crippen MR) is 103 cm³/mol. The number of rotatable bonds is 15. The molecule has 0 aliphatic carbocycles. The number of carbonyl (C=O) groups excluding carboxylic acids is 1. The minimum absolute atomic E-state index is 0. The minimum Gasteiger partial charge on any atom is -1.00 e. The zero-order valence-electron chi connectivity index (χ0n) is 18.1. The number of carboxylic acids is 1. The molecule has 11 heteroatoms. The average molecular weight is 454 g/mol. The number of carbonyl (C=O) groups is 2. The Labute approximate surface area is 212 Å². The topological polar surface area (TPSA) is 164 Å². The van der Waals surface area contributed by atoms with Crippen molar-refractivity contribution in [2.24, 2.45) is 5.73 Å². The Morgan fingerprint density at radius 2 is 1.36 bits per heavy atom. The van der Waals surface area contributed by atoms with Crippen molar-refractivity contribution < 1.29 is 89.8 Å². The Bertz CT molecular complexity index is 486. The Morgan fingerprint density at radius 1 is 0.964 bits per heavy atom. The van der Waals surface area contributed by atoms with Gasteiger partial charge < -0.3 is 17.0 Å². The Morgan fingerprint density at radius 3 is 1.75 bits per heavy atom. The number of carboxylic acid groups (broad SMARTS) is 1. The van der Waals surface area contributed by atoms with E-state index >= 15 is 0 Å². The molecule has 28 heavy (non-hydrogen) atoms. The van der Waals surface area contributed by atoms with Gasteiger partial charge in [-0.25, -0.2) is 0 Å². The first kappa shape index (κ1) is 33.1. The summed E-state index contributed by atoms with van der Waals surface area (Å²) in [5.41, 5.74) is 5.32. The maximum Gasteiger partial charge on any atom is 1.00 e. The van der Waals surface area contributed by atoms with Crippen LogP contribution in [-0.4, -0.2) is 47.2 Å². The Hall–Kier alpha value is 0.406. The number of hydrogen-bond donors (Lipinski definition) is 4. The maximum absolute atomic E-state index is 11.4. The summed E-state index contributed by atoms with van der Waals surface area (Å²) >= 11 is 0. The van der Waals surface area contributed by atoms with Gasteiger partial charge in [0, 0.05) is 6.42 Å². The maximum atomic E-state index is 11.4. The number of hydrogen-bond acceptors (Lipinski definition) is 6. The van der Waals surface area contributed by atoms with Gasteiger partial charge in [-0.05, 0) is 12.8 Å². The zero-order chi connectivity index (χ0) is 21.1. The van der Waals surface area contributed by atoms with E-state index in [1.807, 2.05) is 0 Å². The Balaban J connectivity index is -0.000000396. The third kappa shape index (κ3) is 34.0. The first-order valence-electron chi connectivity index (χ1n) is 9.41. The fraction of sp³-hybridized carbons (Fsp3) is 0.882. The van der Waals surface area contributed by atoms with Gasteiger partial charge in [-0.15, -0.1) is 0 Å². The molecule has 0 rings (SSSR count). The molecule has 0 aromatic heterocycles. The molecule has 0 amide bonds. The number of esters is 1. The van der Waals surface area contributed by atoms with Gasteiger partial charge in [-0.2, -0.15) is 8.42 Å². The van der Waals surface area contributed by atoms with Crippen molar-refractivity contribution >= 4 is 22.3 Å². The second kappa shape index (κ2) is 22.1. The van der Waals surface area contributed by atoms with Gasteiger partial charge >= 0.3 is 73.7 Å². The summed E-state index contributed by atoms with van der Waals surface area (Å²) in [4.78, 5) is 21.9. The van der Waals surface area contributed by atoms with Crippen LogP contribution in [0.25, 0.3) is 0 Å². The third-order valence-electron chi connectivity index (χ3n) is 3.74. The van der Waals surface area contributed by atoms with Crippen molar-refractivity contribution in [2.45, 2.75) is 90.0 Å². The minimum atomic E-state index is -4.67. The zero-order valence-corrected chi connectivity index (χ0v) is 21.1. The second-order valence-electron chi connectivity index (χ2n) is 6.33. The summed E-state index contributed by atoms with van der Waals surface area (Å²) in [5, 5.41) is 8.59. The summed E-state index contributed by atoms with van der Waals surface area (Å²) < 4.78 is 36.6. The van der Waals surface area contributed by atoms with E-state index in [1.54, 1.807) is 0 Å². The molecule has 0 aliphatic rings. The van der Waals surface area contributed by atoms with Gasteiger partial charge in [0.25, 0.3) is 0 Å². The number of ether oxygens (including phenoxy) is 1. The van der Waals surface area contributed by atoms with Crippen molar-refractivity contribution in [3.63, 3.8) is 0 Å². The standard InChI is InChI=1S/C17H33NO4.K.H2O4S.H/c1-2-3-4-5-6-7-8-9-10-11-14-22-16(19)13-12-15(18)17(20)21;;1-5(2,3)4;/h15H,2-14,18H2,1H3,(H,20,21);;(H2,1,2,3,4);/q;+1;;-1/t15-;;;/m0.../s1. The predicted octanol–water partition coefficient (Wildman–Crippen LogP) is 0.106. The molecule has 1 atom stereocenters. The van der Waals surface area contributed by atoms with E-state index in [9.17, 15) is 9.59 Å². The van der Waals surface area contributed by atoms with Crippen molar-refractivity contribution in [2.75, 3.05) is 6.61 Å². The molecule has 0 heterocycles. The molecule has 0 saturated carbocycles. The summed E-state index contributed by atoms with van der Waals surface area (Å²) in [6.07, 6.45) is 12.6. The average Bonchev–Trinajstić information content (AvgIpc) is 2.55. The van der Waals surface area contributed by atoms with Gasteiger partial charge in [0.05, 0.1) is 6.61 Å². The van der Waals surface area contributed by atoms with Gasteiger partial charge in [0.1, 0.15) is 6.04 Å². The van der Waals surface area contributed by atoms with Crippen LogP contribution in [0.5, 0.6) is 0 Å². The Kier molecular flexibility index (Phi) is 26.1. The SMILES string of the molecule is CCCCCCCCCCCCOC(=O)CC[C@H](N)C(=O)O.O=S(=O)(O)O.[H-].[K+]. The van der Waals surface area contributed by atoms with Crippen LogP contribution in [0.2, 0.25) is 0 Å². The normalized spacial score (nSPS) is 11.6. The van der Waals surface area contributed by atoms with E-state index < -0.39 is 22.4 Å². The van der Waals surface area contributed by atoms with Crippen LogP contribution in [0.15, 0.2) is 0 Å². The van der Waals surface area contributed by atoms with Crippen LogP contribution in [0.3, 0.4) is 0 Å². The van der Waals surface area contributed by atoms with Gasteiger partial charge in [0.15, 0.2) is 0 Å². The molecule has 0 bridgehead atoms. The molecular weight excluding hydrogens is 417 g/mol. The third-order valence-corrected chi connectivity index (χ3v) is 3.74. The molecule has 0 spiro atoms. The van der Waals surface area contributed by atoms with E-state index in [1.165, 1.54) is 51.4 Å². The largest absolute Gasteiger partial charge is 1.00 e. The molecule has 9 nitrogen and oxygen atoms in total. The van der Waals surface area contributed by atoms with Crippen LogP contribution in [0.4, 0.5) is 0 Å². The van der Waals surface area contributed by atoms with Crippen LogP contribution >= 0.6 is 0 Å². The first-order chi connectivity index (χ1) is 12.6. The van der Waals surface area contributed by atoms with E-state index in [0.29, 0.717) is 6.61 Å². The van der Waals surface area contributed by atoms with Gasteiger partial charge in [0.2, 0.25) is 0 Å². The summed E-state index contributed by atoms with van der Waals surface area (Å²) in [6.45, 7) is 2.66. The monoisotopic (exact) mass is 453 g/mol. The van der Waals surface area contributed by atoms with Gasteiger partial charge in [-0.3, -0.25) is 18.7 Å². The molecular formula is C17H36KNO8S. The van der Waals surface area contributed by atoms with E-state index in [4.69, 9.17) is 33.1 Å². The molecule has 164 valence electrons. The van der Waals surface area contributed by atoms with Crippen LogP contribution in [-0.2, 0) is 24.7 Å². The van der Waals surface area contributed by atoms with Crippen LogP contribution < -0.4 is 57.1 Å². The van der Waals surface area contributed by atoms with Crippen molar-refractivity contribution in [3.8, 4) is 0 Å². The summed E-state index contributed by atoms with van der Waals surface area (Å²) in [7, 11) is -4.67. The molecule has 0 aliphatic heterocycles. The summed E-state index contributed by atoms with van der Waals surface area (Å²) in [6, 6.07) is -0.982. The molecule has 0 aromatic carbocycles. The molecule has 0 saturated heterocycles. The van der Waals surface area contributed by atoms with Crippen LogP contribution in [0, 0.1) is 0 Å². The van der Waals surface area contributed by atoms with Gasteiger partial charge in [-0.1, -0.05) is 64.7 Å². The first-order valence-corrected chi connectivity index (χ1v) is 10.8. The van der Waals surface area contributed by atoms with Crippen molar-refractivity contribution in [1.29, 1.82) is 0 Å². The summed E-state index contributed by atoms with van der Waals surface area (Å²) in [5.74, 6) is -1.44. The van der Waals surface area contributed by atoms with E-state index in [0.717, 1.165) is 12.8 Å². The number of unbranched alkanes of at least 4 members (excludes halogenated alkanes) is 9. The molecule has 0 radical (unpaired) electrons. The number of aliphatic carboxylic acids is 1. The van der Waals surface area contributed by atoms with E-state index in [-0.39, 0.29) is 71.6 Å². The molecule has 0 fully saturated rings. The number of nitrogens with two attached hydrogens (primary N) is 1. The molecule has 0 aromatic rings. The second-order valence-corrected chi connectivity index (χ2v) is 7.23. The van der Waals surface area contributed by atoms with Crippen molar-refractivity contribution in [1.82, 2.24) is 0 Å². The molecule has 0 unspecified atom stereocenters. The smallest absolute Gasteiger partial charge is 1.00 e. The van der Waals surface area contributed by atoms with E-state index in [2.05, 4.69) is 6.92 Å². The fourth-order valence-corrected chi connectivity index (χ4v) is 2.24. The molecule has 5 N–H and O–H groups in total. The van der Waals surface area contributed by atoms with Crippen molar-refractivity contribution in [3.05, 3.63) is 0 Å².